The Labute approximate surface area is 120 Å². The largest absolute Gasteiger partial charge is 0.494 e. The number of rotatable bonds is 7. The van der Waals surface area contributed by atoms with Gasteiger partial charge < -0.3 is 15.4 Å². The third kappa shape index (κ3) is 5.61. The lowest BCUT2D eigenvalue weighted by Crippen LogP contribution is -2.38. The summed E-state index contributed by atoms with van der Waals surface area (Å²) in [5.74, 6) is 1.58. The normalized spacial score (nSPS) is 18.5. The molecular formula is C16H24N2O2. The molecule has 1 saturated heterocycles. The van der Waals surface area contributed by atoms with Gasteiger partial charge >= 0.3 is 0 Å². The predicted octanol–water partition coefficient (Wildman–Crippen LogP) is 1.96. The van der Waals surface area contributed by atoms with Crippen molar-refractivity contribution < 1.29 is 9.53 Å². The van der Waals surface area contributed by atoms with Crippen molar-refractivity contribution in [1.29, 1.82) is 0 Å². The highest BCUT2D eigenvalue weighted by Crippen LogP contribution is 2.09. The van der Waals surface area contributed by atoms with Crippen LogP contribution < -0.4 is 15.4 Å². The lowest BCUT2D eigenvalue weighted by atomic mass is 10.00. The average molecular weight is 276 g/mol. The van der Waals surface area contributed by atoms with E-state index in [0.29, 0.717) is 18.9 Å². The molecule has 1 aliphatic rings. The Kier molecular flexibility index (Phi) is 6.38. The van der Waals surface area contributed by atoms with Gasteiger partial charge in [0.1, 0.15) is 5.75 Å². The predicted molar refractivity (Wildman–Crippen MR) is 79.8 cm³/mol. The maximum Gasteiger partial charge on any atom is 0.220 e. The van der Waals surface area contributed by atoms with Crippen molar-refractivity contribution in [2.45, 2.75) is 25.7 Å². The SMILES string of the molecule is O=C(CCCOc1ccccc1)NCC1CCCNC1. The Balaban J connectivity index is 1.51. The highest BCUT2D eigenvalue weighted by Gasteiger charge is 2.13. The lowest BCUT2D eigenvalue weighted by Gasteiger charge is -2.22. The van der Waals surface area contributed by atoms with Crippen molar-refractivity contribution in [3.63, 3.8) is 0 Å². The van der Waals surface area contributed by atoms with Crippen LogP contribution in [0.5, 0.6) is 5.75 Å². The fourth-order valence-corrected chi connectivity index (χ4v) is 2.38. The van der Waals surface area contributed by atoms with Crippen molar-refractivity contribution in [1.82, 2.24) is 10.6 Å². The minimum atomic E-state index is 0.132. The lowest BCUT2D eigenvalue weighted by molar-refractivity contribution is -0.121. The van der Waals surface area contributed by atoms with Gasteiger partial charge in [0.15, 0.2) is 0 Å². The first-order valence-corrected chi connectivity index (χ1v) is 7.50. The number of carbonyl (C=O) groups is 1. The molecule has 1 aliphatic heterocycles. The van der Waals surface area contributed by atoms with Gasteiger partial charge in [-0.2, -0.15) is 0 Å². The molecular weight excluding hydrogens is 252 g/mol. The van der Waals surface area contributed by atoms with Gasteiger partial charge in [-0.25, -0.2) is 0 Å². The van der Waals surface area contributed by atoms with Crippen molar-refractivity contribution >= 4 is 5.91 Å². The highest BCUT2D eigenvalue weighted by atomic mass is 16.5. The number of para-hydroxylation sites is 1. The summed E-state index contributed by atoms with van der Waals surface area (Å²) in [6, 6.07) is 9.70. The number of carbonyl (C=O) groups excluding carboxylic acids is 1. The average Bonchev–Trinajstić information content (AvgIpc) is 2.52. The van der Waals surface area contributed by atoms with Crippen LogP contribution in [0.25, 0.3) is 0 Å². The molecule has 2 rings (SSSR count). The van der Waals surface area contributed by atoms with E-state index in [1.807, 2.05) is 30.3 Å². The molecule has 4 heteroatoms. The van der Waals surface area contributed by atoms with E-state index in [9.17, 15) is 4.79 Å². The molecule has 0 aromatic heterocycles. The second-order valence-corrected chi connectivity index (χ2v) is 5.28. The van der Waals surface area contributed by atoms with Crippen LogP contribution in [0.1, 0.15) is 25.7 Å². The number of hydrogen-bond acceptors (Lipinski definition) is 3. The van der Waals surface area contributed by atoms with E-state index in [1.165, 1.54) is 12.8 Å². The summed E-state index contributed by atoms with van der Waals surface area (Å²) in [5, 5.41) is 6.37. The van der Waals surface area contributed by atoms with E-state index in [2.05, 4.69) is 10.6 Å². The molecule has 1 heterocycles. The monoisotopic (exact) mass is 276 g/mol. The Morgan fingerprint density at radius 2 is 2.20 bits per heavy atom. The first-order valence-electron chi connectivity index (χ1n) is 7.50. The van der Waals surface area contributed by atoms with Gasteiger partial charge in [-0.3, -0.25) is 4.79 Å². The summed E-state index contributed by atoms with van der Waals surface area (Å²) in [4.78, 5) is 11.7. The molecule has 1 amide bonds. The van der Waals surface area contributed by atoms with Crippen LogP contribution in [-0.2, 0) is 4.79 Å². The maximum atomic E-state index is 11.7. The molecule has 110 valence electrons. The number of ether oxygens (including phenoxy) is 1. The smallest absolute Gasteiger partial charge is 0.220 e. The maximum absolute atomic E-state index is 11.7. The molecule has 4 nitrogen and oxygen atoms in total. The Morgan fingerprint density at radius 1 is 1.35 bits per heavy atom. The second-order valence-electron chi connectivity index (χ2n) is 5.28. The van der Waals surface area contributed by atoms with E-state index >= 15 is 0 Å². The molecule has 1 aromatic rings. The molecule has 0 spiro atoms. The molecule has 1 atom stereocenters. The molecule has 1 unspecified atom stereocenters. The highest BCUT2D eigenvalue weighted by molar-refractivity contribution is 5.75. The zero-order valence-corrected chi connectivity index (χ0v) is 11.9. The minimum absolute atomic E-state index is 0.132. The molecule has 20 heavy (non-hydrogen) atoms. The summed E-state index contributed by atoms with van der Waals surface area (Å²) in [7, 11) is 0. The zero-order valence-electron chi connectivity index (χ0n) is 11.9. The third-order valence-electron chi connectivity index (χ3n) is 3.55. The molecule has 2 N–H and O–H groups in total. The van der Waals surface area contributed by atoms with E-state index in [4.69, 9.17) is 4.74 Å². The van der Waals surface area contributed by atoms with Gasteiger partial charge in [-0.05, 0) is 50.4 Å². The Hall–Kier alpha value is -1.55. The van der Waals surface area contributed by atoms with E-state index < -0.39 is 0 Å². The quantitative estimate of drug-likeness (QED) is 0.749. The standard InChI is InChI=1S/C16H24N2O2/c19-16(18-13-14-6-4-10-17-12-14)9-5-11-20-15-7-2-1-3-8-15/h1-3,7-8,14,17H,4-6,9-13H2,(H,18,19). The van der Waals surface area contributed by atoms with E-state index in [0.717, 1.165) is 31.8 Å². The zero-order chi connectivity index (χ0) is 14.0. The van der Waals surface area contributed by atoms with Crippen LogP contribution in [-0.4, -0.2) is 32.1 Å². The minimum Gasteiger partial charge on any atom is -0.494 e. The van der Waals surface area contributed by atoms with Crippen LogP contribution in [0.15, 0.2) is 30.3 Å². The summed E-state index contributed by atoms with van der Waals surface area (Å²) < 4.78 is 5.56. The van der Waals surface area contributed by atoms with Crippen LogP contribution >= 0.6 is 0 Å². The summed E-state index contributed by atoms with van der Waals surface area (Å²) >= 11 is 0. The Bertz CT molecular complexity index is 389. The first kappa shape index (κ1) is 14.9. The van der Waals surface area contributed by atoms with Crippen molar-refractivity contribution in [2.24, 2.45) is 5.92 Å². The molecule has 1 fully saturated rings. The number of piperidine rings is 1. The molecule has 0 saturated carbocycles. The first-order chi connectivity index (χ1) is 9.84. The summed E-state index contributed by atoms with van der Waals surface area (Å²) in [5.41, 5.74) is 0. The van der Waals surface area contributed by atoms with Gasteiger partial charge in [-0.15, -0.1) is 0 Å². The topological polar surface area (TPSA) is 50.4 Å². The molecule has 0 radical (unpaired) electrons. The van der Waals surface area contributed by atoms with Crippen LogP contribution in [0.2, 0.25) is 0 Å². The number of nitrogens with one attached hydrogen (secondary N) is 2. The third-order valence-corrected chi connectivity index (χ3v) is 3.55. The van der Waals surface area contributed by atoms with Crippen LogP contribution in [0, 0.1) is 5.92 Å². The van der Waals surface area contributed by atoms with E-state index in [1.54, 1.807) is 0 Å². The number of amides is 1. The van der Waals surface area contributed by atoms with Crippen molar-refractivity contribution in [2.75, 3.05) is 26.2 Å². The number of benzene rings is 1. The van der Waals surface area contributed by atoms with E-state index in [-0.39, 0.29) is 5.91 Å². The molecule has 1 aromatic carbocycles. The van der Waals surface area contributed by atoms with Gasteiger partial charge in [0, 0.05) is 13.0 Å². The fraction of sp³-hybridized carbons (Fsp3) is 0.562. The second kappa shape index (κ2) is 8.59. The summed E-state index contributed by atoms with van der Waals surface area (Å²) in [6.45, 7) is 3.52. The molecule has 0 bridgehead atoms. The fourth-order valence-electron chi connectivity index (χ4n) is 2.38. The van der Waals surface area contributed by atoms with Gasteiger partial charge in [0.25, 0.3) is 0 Å². The van der Waals surface area contributed by atoms with Crippen molar-refractivity contribution in [3.05, 3.63) is 30.3 Å². The van der Waals surface area contributed by atoms with Crippen LogP contribution in [0.4, 0.5) is 0 Å². The van der Waals surface area contributed by atoms with Gasteiger partial charge in [-0.1, -0.05) is 18.2 Å². The molecule has 0 aliphatic carbocycles. The Morgan fingerprint density at radius 3 is 2.95 bits per heavy atom. The van der Waals surface area contributed by atoms with Gasteiger partial charge in [0.2, 0.25) is 5.91 Å². The number of hydrogen-bond donors (Lipinski definition) is 2. The summed E-state index contributed by atoms with van der Waals surface area (Å²) in [6.07, 6.45) is 3.71. The van der Waals surface area contributed by atoms with Gasteiger partial charge in [0.05, 0.1) is 6.61 Å². The van der Waals surface area contributed by atoms with Crippen LogP contribution in [0.3, 0.4) is 0 Å². The van der Waals surface area contributed by atoms with Crippen molar-refractivity contribution in [3.8, 4) is 5.75 Å².